The van der Waals surface area contributed by atoms with Crippen molar-refractivity contribution in [3.8, 4) is 5.75 Å². The van der Waals surface area contributed by atoms with Crippen molar-refractivity contribution in [3.05, 3.63) is 36.4 Å². The average molecular weight is 274 g/mol. The minimum atomic E-state index is -0.106. The first-order chi connectivity index (χ1) is 9.60. The molecule has 0 unspecified atom stereocenters. The van der Waals surface area contributed by atoms with E-state index >= 15 is 0 Å². The zero-order valence-corrected chi connectivity index (χ0v) is 11.8. The van der Waals surface area contributed by atoms with Crippen LogP contribution in [0.1, 0.15) is 12.7 Å². The van der Waals surface area contributed by atoms with Gasteiger partial charge in [0, 0.05) is 32.1 Å². The van der Waals surface area contributed by atoms with Gasteiger partial charge in [-0.25, -0.2) is 4.98 Å². The molecule has 1 heterocycles. The smallest absolute Gasteiger partial charge is 0.221 e. The van der Waals surface area contributed by atoms with Gasteiger partial charge in [0.15, 0.2) is 0 Å². The van der Waals surface area contributed by atoms with Crippen LogP contribution in [-0.4, -0.2) is 22.6 Å². The van der Waals surface area contributed by atoms with Crippen LogP contribution in [0.25, 0.3) is 0 Å². The summed E-state index contributed by atoms with van der Waals surface area (Å²) in [6, 6.07) is 5.45. The number of hydrogen-bond acceptors (Lipinski definition) is 4. The van der Waals surface area contributed by atoms with Crippen LogP contribution in [0.2, 0.25) is 0 Å². The molecule has 0 aliphatic heterocycles. The van der Waals surface area contributed by atoms with Crippen molar-refractivity contribution < 1.29 is 9.53 Å². The summed E-state index contributed by atoms with van der Waals surface area (Å²) >= 11 is 0. The SMILES string of the molecule is COc1ccc(NC(C)=O)cc1NCc1nccn1C. The summed E-state index contributed by atoms with van der Waals surface area (Å²) in [4.78, 5) is 15.3. The number of benzene rings is 1. The van der Waals surface area contributed by atoms with Crippen LogP contribution in [0.15, 0.2) is 30.6 Å². The van der Waals surface area contributed by atoms with Gasteiger partial charge >= 0.3 is 0 Å². The topological polar surface area (TPSA) is 68.2 Å². The molecule has 20 heavy (non-hydrogen) atoms. The summed E-state index contributed by atoms with van der Waals surface area (Å²) in [5, 5.41) is 6.01. The van der Waals surface area contributed by atoms with Gasteiger partial charge in [0.05, 0.1) is 19.3 Å². The van der Waals surface area contributed by atoms with E-state index in [1.54, 1.807) is 19.4 Å². The molecule has 0 fully saturated rings. The molecular formula is C14H18N4O2. The molecule has 2 N–H and O–H groups in total. The number of ether oxygens (including phenoxy) is 1. The van der Waals surface area contributed by atoms with Gasteiger partial charge in [-0.05, 0) is 18.2 Å². The van der Waals surface area contributed by atoms with Gasteiger partial charge < -0.3 is 19.9 Å². The first-order valence-corrected chi connectivity index (χ1v) is 6.26. The van der Waals surface area contributed by atoms with Crippen molar-refractivity contribution in [1.82, 2.24) is 9.55 Å². The van der Waals surface area contributed by atoms with E-state index in [1.807, 2.05) is 29.9 Å². The second-order valence-electron chi connectivity index (χ2n) is 4.40. The van der Waals surface area contributed by atoms with Gasteiger partial charge in [-0.2, -0.15) is 0 Å². The Morgan fingerprint density at radius 3 is 2.85 bits per heavy atom. The van der Waals surface area contributed by atoms with Crippen LogP contribution in [-0.2, 0) is 18.4 Å². The standard InChI is InChI=1S/C14H18N4O2/c1-10(19)17-11-4-5-13(20-3)12(8-11)16-9-14-15-6-7-18(14)2/h4-8,16H,9H2,1-3H3,(H,17,19). The molecule has 106 valence electrons. The summed E-state index contributed by atoms with van der Waals surface area (Å²) in [6.45, 7) is 2.05. The van der Waals surface area contributed by atoms with Gasteiger partial charge in [-0.15, -0.1) is 0 Å². The molecule has 6 nitrogen and oxygen atoms in total. The molecule has 2 aromatic rings. The van der Waals surface area contributed by atoms with Crippen molar-refractivity contribution >= 4 is 17.3 Å². The number of anilines is 2. The summed E-state index contributed by atoms with van der Waals surface area (Å²) in [5.41, 5.74) is 1.53. The number of aromatic nitrogens is 2. The Balaban J connectivity index is 2.15. The maximum atomic E-state index is 11.1. The molecule has 2 rings (SSSR count). The average Bonchev–Trinajstić information content (AvgIpc) is 2.81. The number of nitrogens with one attached hydrogen (secondary N) is 2. The summed E-state index contributed by atoms with van der Waals surface area (Å²) < 4.78 is 7.24. The van der Waals surface area contributed by atoms with E-state index in [0.717, 1.165) is 17.2 Å². The second kappa shape index (κ2) is 6.10. The van der Waals surface area contributed by atoms with Crippen molar-refractivity contribution in [1.29, 1.82) is 0 Å². The highest BCUT2D eigenvalue weighted by molar-refractivity contribution is 5.89. The van der Waals surface area contributed by atoms with Gasteiger partial charge in [0.2, 0.25) is 5.91 Å². The van der Waals surface area contributed by atoms with Crippen molar-refractivity contribution in [3.63, 3.8) is 0 Å². The quantitative estimate of drug-likeness (QED) is 0.875. The minimum Gasteiger partial charge on any atom is -0.495 e. The predicted octanol–water partition coefficient (Wildman–Crippen LogP) is 2.00. The van der Waals surface area contributed by atoms with E-state index in [4.69, 9.17) is 4.74 Å². The highest BCUT2D eigenvalue weighted by Gasteiger charge is 2.06. The number of carbonyl (C=O) groups is 1. The first kappa shape index (κ1) is 13.9. The lowest BCUT2D eigenvalue weighted by Crippen LogP contribution is -2.09. The van der Waals surface area contributed by atoms with Crippen LogP contribution in [0.4, 0.5) is 11.4 Å². The van der Waals surface area contributed by atoms with E-state index in [2.05, 4.69) is 15.6 Å². The molecule has 0 bridgehead atoms. The van der Waals surface area contributed by atoms with Crippen LogP contribution in [0.3, 0.4) is 0 Å². The number of aryl methyl sites for hydroxylation is 1. The van der Waals surface area contributed by atoms with Gasteiger partial charge in [-0.3, -0.25) is 4.79 Å². The van der Waals surface area contributed by atoms with Crippen LogP contribution < -0.4 is 15.4 Å². The molecule has 0 radical (unpaired) electrons. The number of amides is 1. The highest BCUT2D eigenvalue weighted by atomic mass is 16.5. The van der Waals surface area contributed by atoms with E-state index < -0.39 is 0 Å². The maximum Gasteiger partial charge on any atom is 0.221 e. The molecule has 1 aromatic carbocycles. The Hall–Kier alpha value is -2.50. The fraction of sp³-hybridized carbons (Fsp3) is 0.286. The molecule has 1 amide bonds. The third-order valence-electron chi connectivity index (χ3n) is 2.88. The predicted molar refractivity (Wildman–Crippen MR) is 77.8 cm³/mol. The summed E-state index contributed by atoms with van der Waals surface area (Å²) in [6.07, 6.45) is 3.64. The highest BCUT2D eigenvalue weighted by Crippen LogP contribution is 2.28. The van der Waals surface area contributed by atoms with E-state index in [-0.39, 0.29) is 5.91 Å². The van der Waals surface area contributed by atoms with Gasteiger partial charge in [0.25, 0.3) is 0 Å². The molecule has 0 atom stereocenters. The zero-order valence-electron chi connectivity index (χ0n) is 11.8. The Labute approximate surface area is 117 Å². The molecule has 0 spiro atoms. The fourth-order valence-corrected chi connectivity index (χ4v) is 1.87. The monoisotopic (exact) mass is 274 g/mol. The Bertz CT molecular complexity index is 607. The van der Waals surface area contributed by atoms with E-state index in [0.29, 0.717) is 12.3 Å². The molecule has 0 saturated carbocycles. The molecule has 0 aliphatic rings. The summed E-state index contributed by atoms with van der Waals surface area (Å²) in [5.74, 6) is 1.52. The van der Waals surface area contributed by atoms with E-state index in [9.17, 15) is 4.79 Å². The minimum absolute atomic E-state index is 0.106. The van der Waals surface area contributed by atoms with Crippen molar-refractivity contribution in [2.75, 3.05) is 17.7 Å². The number of nitrogens with zero attached hydrogens (tertiary/aromatic N) is 2. The Morgan fingerprint density at radius 1 is 1.45 bits per heavy atom. The Morgan fingerprint density at radius 2 is 2.25 bits per heavy atom. The lowest BCUT2D eigenvalue weighted by Gasteiger charge is -2.13. The van der Waals surface area contributed by atoms with Crippen LogP contribution in [0.5, 0.6) is 5.75 Å². The Kier molecular flexibility index (Phi) is 4.24. The van der Waals surface area contributed by atoms with Gasteiger partial charge in [0.1, 0.15) is 11.6 Å². The normalized spacial score (nSPS) is 10.2. The number of carbonyl (C=O) groups excluding carboxylic acids is 1. The summed E-state index contributed by atoms with van der Waals surface area (Å²) in [7, 11) is 3.55. The van der Waals surface area contributed by atoms with Crippen LogP contribution >= 0.6 is 0 Å². The number of hydrogen-bond donors (Lipinski definition) is 2. The third kappa shape index (κ3) is 3.28. The van der Waals surface area contributed by atoms with Crippen molar-refractivity contribution in [2.45, 2.75) is 13.5 Å². The number of imidazole rings is 1. The van der Waals surface area contributed by atoms with Crippen molar-refractivity contribution in [2.24, 2.45) is 7.05 Å². The second-order valence-corrected chi connectivity index (χ2v) is 4.40. The third-order valence-corrected chi connectivity index (χ3v) is 2.88. The van der Waals surface area contributed by atoms with E-state index in [1.165, 1.54) is 6.92 Å². The molecular weight excluding hydrogens is 256 g/mol. The largest absolute Gasteiger partial charge is 0.495 e. The lowest BCUT2D eigenvalue weighted by molar-refractivity contribution is -0.114. The molecule has 6 heteroatoms. The number of rotatable bonds is 5. The molecule has 1 aromatic heterocycles. The van der Waals surface area contributed by atoms with Crippen LogP contribution in [0, 0.1) is 0 Å². The molecule has 0 saturated heterocycles. The fourth-order valence-electron chi connectivity index (χ4n) is 1.87. The number of methoxy groups -OCH3 is 1. The molecule has 0 aliphatic carbocycles. The lowest BCUT2D eigenvalue weighted by atomic mass is 10.2. The maximum absolute atomic E-state index is 11.1. The zero-order chi connectivity index (χ0) is 14.5. The van der Waals surface area contributed by atoms with Gasteiger partial charge in [-0.1, -0.05) is 0 Å². The first-order valence-electron chi connectivity index (χ1n) is 6.26.